The molecule has 2 heterocycles. The van der Waals surface area contributed by atoms with E-state index in [4.69, 9.17) is 14.2 Å². The van der Waals surface area contributed by atoms with E-state index in [1.807, 2.05) is 25.1 Å². The van der Waals surface area contributed by atoms with Gasteiger partial charge < -0.3 is 14.2 Å². The third kappa shape index (κ3) is 2.73. The molecule has 0 aliphatic carbocycles. The summed E-state index contributed by atoms with van der Waals surface area (Å²) in [4.78, 5) is 12.5. The summed E-state index contributed by atoms with van der Waals surface area (Å²) in [7, 11) is 0. The molecule has 112 valence electrons. The lowest BCUT2D eigenvalue weighted by Gasteiger charge is -2.23. The second kappa shape index (κ2) is 5.68. The standard InChI is InChI=1S/C15H15BrO4S/c1-3-18-14(17)12-7-9-6-10(8-11(16)13(9)21-12)15(2)19-4-5-20-15/h6-8H,3-5H2,1-2H3. The van der Waals surface area contributed by atoms with E-state index in [-0.39, 0.29) is 5.97 Å². The minimum Gasteiger partial charge on any atom is -0.462 e. The van der Waals surface area contributed by atoms with Gasteiger partial charge in [0.25, 0.3) is 0 Å². The minimum atomic E-state index is -0.720. The lowest BCUT2D eigenvalue weighted by molar-refractivity contribution is -0.149. The first-order valence-electron chi connectivity index (χ1n) is 6.72. The lowest BCUT2D eigenvalue weighted by atomic mass is 10.1. The largest absolute Gasteiger partial charge is 0.462 e. The average molecular weight is 371 g/mol. The summed E-state index contributed by atoms with van der Waals surface area (Å²) in [6.45, 7) is 5.26. The van der Waals surface area contributed by atoms with E-state index in [1.54, 1.807) is 6.92 Å². The number of hydrogen-bond donors (Lipinski definition) is 0. The van der Waals surface area contributed by atoms with Gasteiger partial charge in [0.2, 0.25) is 0 Å². The molecular weight excluding hydrogens is 356 g/mol. The Morgan fingerprint density at radius 1 is 1.38 bits per heavy atom. The molecular formula is C15H15BrO4S. The monoisotopic (exact) mass is 370 g/mol. The molecule has 0 N–H and O–H groups in total. The zero-order valence-corrected chi connectivity index (χ0v) is 14.2. The predicted octanol–water partition coefficient (Wildman–Crippen LogP) is 4.06. The number of hydrogen-bond acceptors (Lipinski definition) is 5. The van der Waals surface area contributed by atoms with Crippen LogP contribution in [-0.2, 0) is 20.0 Å². The van der Waals surface area contributed by atoms with Gasteiger partial charge in [0.15, 0.2) is 5.79 Å². The molecule has 0 spiro atoms. The minimum absolute atomic E-state index is 0.285. The molecule has 0 saturated carbocycles. The van der Waals surface area contributed by atoms with Gasteiger partial charge >= 0.3 is 5.97 Å². The van der Waals surface area contributed by atoms with Gasteiger partial charge in [0.1, 0.15) is 4.88 Å². The Morgan fingerprint density at radius 3 is 2.76 bits per heavy atom. The molecule has 1 aliphatic heterocycles. The second-order valence-electron chi connectivity index (χ2n) is 4.85. The summed E-state index contributed by atoms with van der Waals surface area (Å²) >= 11 is 4.99. The highest BCUT2D eigenvalue weighted by molar-refractivity contribution is 9.10. The van der Waals surface area contributed by atoms with Crippen molar-refractivity contribution in [3.05, 3.63) is 33.1 Å². The van der Waals surface area contributed by atoms with Crippen LogP contribution in [-0.4, -0.2) is 25.8 Å². The normalized spacial score (nSPS) is 17.3. The number of benzene rings is 1. The highest BCUT2D eigenvalue weighted by Crippen LogP contribution is 2.39. The summed E-state index contributed by atoms with van der Waals surface area (Å²) < 4.78 is 18.4. The quantitative estimate of drug-likeness (QED) is 0.764. The van der Waals surface area contributed by atoms with E-state index in [2.05, 4.69) is 15.9 Å². The first kappa shape index (κ1) is 15.0. The first-order chi connectivity index (χ1) is 10.0. The van der Waals surface area contributed by atoms with Crippen molar-refractivity contribution in [1.82, 2.24) is 0 Å². The van der Waals surface area contributed by atoms with Crippen molar-refractivity contribution in [2.75, 3.05) is 19.8 Å². The molecule has 6 heteroatoms. The molecule has 3 rings (SSSR count). The predicted molar refractivity (Wildman–Crippen MR) is 84.7 cm³/mol. The van der Waals surface area contributed by atoms with Crippen LogP contribution in [0.1, 0.15) is 29.1 Å². The maximum Gasteiger partial charge on any atom is 0.348 e. The fourth-order valence-corrected chi connectivity index (χ4v) is 4.01. The Labute approximate surface area is 135 Å². The molecule has 0 radical (unpaired) electrons. The molecule has 0 bridgehead atoms. The third-order valence-electron chi connectivity index (χ3n) is 3.41. The van der Waals surface area contributed by atoms with Crippen molar-refractivity contribution in [1.29, 1.82) is 0 Å². The second-order valence-corrected chi connectivity index (χ2v) is 6.76. The Bertz CT molecular complexity index is 688. The van der Waals surface area contributed by atoms with Gasteiger partial charge in [-0.05, 0) is 53.4 Å². The zero-order valence-electron chi connectivity index (χ0n) is 11.8. The van der Waals surface area contributed by atoms with Crippen LogP contribution in [0, 0.1) is 0 Å². The molecule has 4 nitrogen and oxygen atoms in total. The molecule has 0 amide bonds. The fraction of sp³-hybridized carbons (Fsp3) is 0.400. The van der Waals surface area contributed by atoms with Gasteiger partial charge in [-0.2, -0.15) is 0 Å². The molecule has 1 aliphatic rings. The van der Waals surface area contributed by atoms with Crippen LogP contribution in [0.2, 0.25) is 0 Å². The Kier molecular flexibility index (Phi) is 4.05. The number of halogens is 1. The Balaban J connectivity index is 2.05. The van der Waals surface area contributed by atoms with Crippen LogP contribution in [0.4, 0.5) is 0 Å². The topological polar surface area (TPSA) is 44.8 Å². The third-order valence-corrected chi connectivity index (χ3v) is 5.46. The summed E-state index contributed by atoms with van der Waals surface area (Å²) in [5.41, 5.74) is 0.938. The van der Waals surface area contributed by atoms with Crippen molar-refractivity contribution in [3.8, 4) is 0 Å². The number of rotatable bonds is 3. The Hall–Kier alpha value is -0.950. The molecule has 21 heavy (non-hydrogen) atoms. The number of carbonyl (C=O) groups is 1. The van der Waals surface area contributed by atoms with Crippen molar-refractivity contribution < 1.29 is 19.0 Å². The van der Waals surface area contributed by atoms with E-state index in [9.17, 15) is 4.79 Å². The van der Waals surface area contributed by atoms with E-state index >= 15 is 0 Å². The SMILES string of the molecule is CCOC(=O)c1cc2cc(C3(C)OCCO3)cc(Br)c2s1. The molecule has 1 aromatic heterocycles. The Morgan fingerprint density at radius 2 is 2.10 bits per heavy atom. The number of fused-ring (bicyclic) bond motifs is 1. The maximum absolute atomic E-state index is 11.9. The summed E-state index contributed by atoms with van der Waals surface area (Å²) in [5, 5.41) is 0.979. The van der Waals surface area contributed by atoms with Crippen LogP contribution < -0.4 is 0 Å². The average Bonchev–Trinajstić information content (AvgIpc) is 3.06. The number of esters is 1. The summed E-state index contributed by atoms with van der Waals surface area (Å²) in [6, 6.07) is 5.84. The lowest BCUT2D eigenvalue weighted by Crippen LogP contribution is -2.22. The van der Waals surface area contributed by atoms with Crippen LogP contribution in [0.15, 0.2) is 22.7 Å². The van der Waals surface area contributed by atoms with Crippen LogP contribution in [0.3, 0.4) is 0 Å². The number of ether oxygens (including phenoxy) is 3. The molecule has 0 atom stereocenters. The molecule has 1 fully saturated rings. The highest BCUT2D eigenvalue weighted by Gasteiger charge is 2.34. The van der Waals surface area contributed by atoms with Gasteiger partial charge in [0.05, 0.1) is 19.8 Å². The van der Waals surface area contributed by atoms with E-state index < -0.39 is 5.79 Å². The number of carbonyl (C=O) groups excluding carboxylic acids is 1. The van der Waals surface area contributed by atoms with Crippen LogP contribution in [0.5, 0.6) is 0 Å². The van der Waals surface area contributed by atoms with Crippen molar-refractivity contribution in [3.63, 3.8) is 0 Å². The van der Waals surface area contributed by atoms with E-state index in [1.165, 1.54) is 11.3 Å². The van der Waals surface area contributed by atoms with E-state index in [0.717, 1.165) is 20.1 Å². The fourth-order valence-electron chi connectivity index (χ4n) is 2.36. The maximum atomic E-state index is 11.9. The van der Waals surface area contributed by atoms with Gasteiger partial charge in [-0.25, -0.2) is 4.79 Å². The highest BCUT2D eigenvalue weighted by atomic mass is 79.9. The zero-order chi connectivity index (χ0) is 15.0. The number of thiophene rings is 1. The first-order valence-corrected chi connectivity index (χ1v) is 8.33. The molecule has 0 unspecified atom stereocenters. The van der Waals surface area contributed by atoms with Gasteiger partial charge in [0, 0.05) is 14.7 Å². The van der Waals surface area contributed by atoms with Gasteiger partial charge in [-0.3, -0.25) is 0 Å². The summed E-state index contributed by atoms with van der Waals surface area (Å²) in [6.07, 6.45) is 0. The van der Waals surface area contributed by atoms with Gasteiger partial charge in [-0.15, -0.1) is 11.3 Å². The van der Waals surface area contributed by atoms with Crippen LogP contribution in [0.25, 0.3) is 10.1 Å². The van der Waals surface area contributed by atoms with Crippen molar-refractivity contribution in [2.24, 2.45) is 0 Å². The van der Waals surface area contributed by atoms with Crippen molar-refractivity contribution in [2.45, 2.75) is 19.6 Å². The molecule has 1 saturated heterocycles. The van der Waals surface area contributed by atoms with Crippen LogP contribution >= 0.6 is 27.3 Å². The molecule has 1 aromatic carbocycles. The molecule has 2 aromatic rings. The summed E-state index contributed by atoms with van der Waals surface area (Å²) in [5.74, 6) is -1.00. The smallest absolute Gasteiger partial charge is 0.348 e. The van der Waals surface area contributed by atoms with Gasteiger partial charge in [-0.1, -0.05) is 0 Å². The van der Waals surface area contributed by atoms with E-state index in [0.29, 0.717) is 24.7 Å². The van der Waals surface area contributed by atoms with Crippen molar-refractivity contribution >= 4 is 43.3 Å².